The molecule has 0 N–H and O–H groups in total. The molecule has 0 aliphatic carbocycles. The second kappa shape index (κ2) is 6.10. The number of rotatable bonds is 5. The van der Waals surface area contributed by atoms with Crippen LogP contribution in [0.4, 0.5) is 0 Å². The predicted octanol–water partition coefficient (Wildman–Crippen LogP) is 3.07. The predicted molar refractivity (Wildman–Crippen MR) is 80.2 cm³/mol. The Bertz CT molecular complexity index is 717. The van der Waals surface area contributed by atoms with Crippen molar-refractivity contribution in [2.45, 2.75) is 19.9 Å². The van der Waals surface area contributed by atoms with E-state index in [1.807, 2.05) is 24.4 Å². The third-order valence-electron chi connectivity index (χ3n) is 3.16. The molecule has 21 heavy (non-hydrogen) atoms. The molecule has 0 radical (unpaired) electrons. The number of hydrogen-bond donors (Lipinski definition) is 0. The van der Waals surface area contributed by atoms with Crippen molar-refractivity contribution in [2.75, 3.05) is 5.88 Å². The fourth-order valence-corrected chi connectivity index (χ4v) is 2.23. The van der Waals surface area contributed by atoms with Crippen molar-refractivity contribution < 1.29 is 4.52 Å². The molecule has 0 aliphatic heterocycles. The van der Waals surface area contributed by atoms with Gasteiger partial charge in [0.1, 0.15) is 12.2 Å². The van der Waals surface area contributed by atoms with E-state index >= 15 is 0 Å². The van der Waals surface area contributed by atoms with Gasteiger partial charge in [0.2, 0.25) is 0 Å². The van der Waals surface area contributed by atoms with Crippen LogP contribution in [0.3, 0.4) is 0 Å². The van der Waals surface area contributed by atoms with Gasteiger partial charge in [0, 0.05) is 30.1 Å². The van der Waals surface area contributed by atoms with Crippen LogP contribution >= 0.6 is 11.6 Å². The van der Waals surface area contributed by atoms with Gasteiger partial charge in [0.25, 0.3) is 0 Å². The summed E-state index contributed by atoms with van der Waals surface area (Å²) in [6, 6.07) is 10.1. The van der Waals surface area contributed by atoms with E-state index in [1.165, 1.54) is 5.56 Å². The van der Waals surface area contributed by atoms with E-state index in [2.05, 4.69) is 34.5 Å². The molecule has 0 spiro atoms. The molecular formula is C15H15ClN4O. The average Bonchev–Trinajstić information content (AvgIpc) is 3.11. The van der Waals surface area contributed by atoms with E-state index in [0.29, 0.717) is 18.8 Å². The number of aryl methyl sites for hydroxylation is 2. The summed E-state index contributed by atoms with van der Waals surface area (Å²) in [5.41, 5.74) is 3.96. The fourth-order valence-electron chi connectivity index (χ4n) is 2.03. The lowest BCUT2D eigenvalue weighted by atomic mass is 10.1. The second-order valence-electron chi connectivity index (χ2n) is 4.89. The largest absolute Gasteiger partial charge is 0.359 e. The van der Waals surface area contributed by atoms with Crippen molar-refractivity contribution in [3.63, 3.8) is 0 Å². The maximum absolute atomic E-state index is 5.68. The number of alkyl halides is 1. The summed E-state index contributed by atoms with van der Waals surface area (Å²) in [6.07, 6.45) is 2.59. The van der Waals surface area contributed by atoms with Gasteiger partial charge < -0.3 is 4.52 Å². The molecule has 0 fully saturated rings. The normalized spacial score (nSPS) is 11.0. The zero-order valence-corrected chi connectivity index (χ0v) is 12.4. The zero-order chi connectivity index (χ0) is 14.7. The van der Waals surface area contributed by atoms with Gasteiger partial charge in [-0.05, 0) is 6.92 Å². The topological polar surface area (TPSA) is 56.7 Å². The van der Waals surface area contributed by atoms with E-state index < -0.39 is 0 Å². The third-order valence-corrected chi connectivity index (χ3v) is 3.35. The van der Waals surface area contributed by atoms with E-state index in [-0.39, 0.29) is 0 Å². The first-order chi connectivity index (χ1) is 10.2. The Morgan fingerprint density at radius 1 is 1.24 bits per heavy atom. The molecule has 0 aliphatic rings. The minimum atomic E-state index is 0.508. The quantitative estimate of drug-likeness (QED) is 0.680. The molecule has 0 amide bonds. The van der Waals surface area contributed by atoms with Crippen LogP contribution in [0.25, 0.3) is 11.3 Å². The maximum Gasteiger partial charge on any atom is 0.158 e. The van der Waals surface area contributed by atoms with E-state index in [0.717, 1.165) is 22.7 Å². The van der Waals surface area contributed by atoms with Crippen molar-refractivity contribution in [1.82, 2.24) is 20.2 Å². The van der Waals surface area contributed by atoms with Crippen molar-refractivity contribution in [1.29, 1.82) is 0 Å². The lowest BCUT2D eigenvalue weighted by Gasteiger charge is -1.95. The fraction of sp³-hybridized carbons (Fsp3) is 0.267. The van der Waals surface area contributed by atoms with Crippen LogP contribution in [-0.2, 0) is 13.0 Å². The Kier molecular flexibility index (Phi) is 4.01. The van der Waals surface area contributed by atoms with E-state index in [9.17, 15) is 0 Å². The highest BCUT2D eigenvalue weighted by Gasteiger charge is 2.08. The number of halogens is 1. The van der Waals surface area contributed by atoms with Gasteiger partial charge >= 0.3 is 0 Å². The molecule has 0 atom stereocenters. The van der Waals surface area contributed by atoms with Gasteiger partial charge in [-0.2, -0.15) is 0 Å². The van der Waals surface area contributed by atoms with Gasteiger partial charge in [0.05, 0.1) is 5.69 Å². The molecule has 6 heteroatoms. The molecule has 1 aromatic carbocycles. The van der Waals surface area contributed by atoms with Crippen molar-refractivity contribution in [3.8, 4) is 11.3 Å². The minimum absolute atomic E-state index is 0.508. The second-order valence-corrected chi connectivity index (χ2v) is 5.27. The molecule has 0 unspecified atom stereocenters. The zero-order valence-electron chi connectivity index (χ0n) is 11.7. The first kappa shape index (κ1) is 13.8. The Labute approximate surface area is 127 Å². The Morgan fingerprint density at radius 3 is 2.81 bits per heavy atom. The van der Waals surface area contributed by atoms with Crippen molar-refractivity contribution in [3.05, 3.63) is 53.5 Å². The van der Waals surface area contributed by atoms with Crippen molar-refractivity contribution >= 4 is 11.6 Å². The van der Waals surface area contributed by atoms with Gasteiger partial charge in [-0.15, -0.1) is 16.7 Å². The van der Waals surface area contributed by atoms with Crippen LogP contribution in [0, 0.1) is 6.92 Å². The summed E-state index contributed by atoms with van der Waals surface area (Å²) in [5.74, 6) is 1.28. The molecule has 5 nitrogen and oxygen atoms in total. The molecule has 0 saturated carbocycles. The molecule has 0 saturated heterocycles. The maximum atomic E-state index is 5.68. The molecule has 3 rings (SSSR count). The Hall–Kier alpha value is -2.14. The highest BCUT2D eigenvalue weighted by molar-refractivity contribution is 6.17. The smallest absolute Gasteiger partial charge is 0.158 e. The van der Waals surface area contributed by atoms with E-state index in [4.69, 9.17) is 16.1 Å². The number of aromatic nitrogens is 4. The SMILES string of the molecule is Cc1ccc(-c2cc(Cn3cc(CCCl)nn3)on2)cc1. The van der Waals surface area contributed by atoms with Crippen LogP contribution in [0.2, 0.25) is 0 Å². The first-order valence-corrected chi connectivity index (χ1v) is 7.25. The summed E-state index contributed by atoms with van der Waals surface area (Å²) < 4.78 is 7.08. The number of hydrogen-bond acceptors (Lipinski definition) is 4. The standard InChI is InChI=1S/C15H15ClN4O/c1-11-2-4-12(5-3-11)15-8-14(21-18-15)10-20-9-13(6-7-16)17-19-20/h2-5,8-9H,6-7,10H2,1H3. The van der Waals surface area contributed by atoms with E-state index in [1.54, 1.807) is 4.68 Å². The Morgan fingerprint density at radius 2 is 2.05 bits per heavy atom. The summed E-state index contributed by atoms with van der Waals surface area (Å²) in [5, 5.41) is 12.2. The van der Waals surface area contributed by atoms with Gasteiger partial charge in [0.15, 0.2) is 5.76 Å². The van der Waals surface area contributed by atoms with Crippen LogP contribution < -0.4 is 0 Å². The van der Waals surface area contributed by atoms with Crippen LogP contribution in [0.5, 0.6) is 0 Å². The number of nitrogens with zero attached hydrogens (tertiary/aromatic N) is 4. The molecule has 3 aromatic rings. The first-order valence-electron chi connectivity index (χ1n) is 6.72. The lowest BCUT2D eigenvalue weighted by Crippen LogP contribution is -1.98. The number of benzene rings is 1. The minimum Gasteiger partial charge on any atom is -0.359 e. The summed E-state index contributed by atoms with van der Waals surface area (Å²) in [4.78, 5) is 0. The summed E-state index contributed by atoms with van der Waals surface area (Å²) >= 11 is 5.68. The molecular weight excluding hydrogens is 288 g/mol. The molecule has 2 aromatic heterocycles. The van der Waals surface area contributed by atoms with Crippen LogP contribution in [0.1, 0.15) is 17.0 Å². The van der Waals surface area contributed by atoms with Crippen LogP contribution in [0.15, 0.2) is 41.1 Å². The lowest BCUT2D eigenvalue weighted by molar-refractivity contribution is 0.372. The van der Waals surface area contributed by atoms with Crippen molar-refractivity contribution in [2.24, 2.45) is 0 Å². The van der Waals surface area contributed by atoms with Gasteiger partial charge in [-0.25, -0.2) is 4.68 Å². The molecule has 0 bridgehead atoms. The molecule has 108 valence electrons. The average molecular weight is 303 g/mol. The highest BCUT2D eigenvalue weighted by Crippen LogP contribution is 2.20. The van der Waals surface area contributed by atoms with Crippen LogP contribution in [-0.4, -0.2) is 26.0 Å². The summed E-state index contributed by atoms with van der Waals surface area (Å²) in [7, 11) is 0. The molecule has 2 heterocycles. The Balaban J connectivity index is 1.73. The monoisotopic (exact) mass is 302 g/mol. The van der Waals surface area contributed by atoms with Gasteiger partial charge in [-0.3, -0.25) is 0 Å². The third kappa shape index (κ3) is 3.31. The highest BCUT2D eigenvalue weighted by atomic mass is 35.5. The van der Waals surface area contributed by atoms with Gasteiger partial charge in [-0.1, -0.05) is 40.2 Å². The summed E-state index contributed by atoms with van der Waals surface area (Å²) in [6.45, 7) is 2.56.